The molecule has 124 valence electrons. The van der Waals surface area contributed by atoms with E-state index in [0.717, 1.165) is 0 Å². The molecule has 4 rings (SSSR count). The highest BCUT2D eigenvalue weighted by molar-refractivity contribution is 7.71. The van der Waals surface area contributed by atoms with Crippen molar-refractivity contribution in [1.29, 1.82) is 0 Å². The maximum absolute atomic E-state index is 12.0. The number of ether oxygens (including phenoxy) is 2. The SMILES string of the molecule is CC(=O)c1cccc(-n2nnn([C@@H]3CC(=O)[C@@H]4OC[C@H]3O4)c2=S)c1. The van der Waals surface area contributed by atoms with Gasteiger partial charge in [0, 0.05) is 12.0 Å². The normalized spacial score (nSPS) is 25.9. The zero-order valence-electron chi connectivity index (χ0n) is 12.8. The summed E-state index contributed by atoms with van der Waals surface area (Å²) in [5.74, 6) is -0.167. The zero-order chi connectivity index (χ0) is 16.8. The van der Waals surface area contributed by atoms with E-state index in [1.54, 1.807) is 24.3 Å². The predicted molar refractivity (Wildman–Crippen MR) is 83.5 cm³/mol. The Hall–Kier alpha value is -2.23. The third-order valence-corrected chi connectivity index (χ3v) is 4.59. The van der Waals surface area contributed by atoms with Crippen molar-refractivity contribution in [3.8, 4) is 5.69 Å². The lowest BCUT2D eigenvalue weighted by atomic mass is 10.0. The first-order valence-corrected chi connectivity index (χ1v) is 7.91. The van der Waals surface area contributed by atoms with Crippen molar-refractivity contribution in [2.75, 3.05) is 6.61 Å². The first-order chi connectivity index (χ1) is 11.5. The molecule has 2 bridgehead atoms. The molecule has 0 radical (unpaired) electrons. The number of benzene rings is 1. The van der Waals surface area contributed by atoms with Gasteiger partial charge in [-0.05, 0) is 41.7 Å². The molecule has 2 aliphatic heterocycles. The third-order valence-electron chi connectivity index (χ3n) is 4.23. The van der Waals surface area contributed by atoms with Gasteiger partial charge in [-0.15, -0.1) is 0 Å². The highest BCUT2D eigenvalue weighted by Gasteiger charge is 2.45. The molecule has 1 aromatic carbocycles. The van der Waals surface area contributed by atoms with Gasteiger partial charge in [-0.25, -0.2) is 4.68 Å². The average molecular weight is 346 g/mol. The Morgan fingerprint density at radius 1 is 1.38 bits per heavy atom. The van der Waals surface area contributed by atoms with Gasteiger partial charge in [0.2, 0.25) is 11.1 Å². The van der Waals surface area contributed by atoms with Gasteiger partial charge in [0.15, 0.2) is 11.6 Å². The second kappa shape index (κ2) is 5.69. The molecule has 3 atom stereocenters. The van der Waals surface area contributed by atoms with Crippen molar-refractivity contribution >= 4 is 23.8 Å². The van der Waals surface area contributed by atoms with E-state index >= 15 is 0 Å². The second-order valence-corrected chi connectivity index (χ2v) is 6.17. The van der Waals surface area contributed by atoms with Gasteiger partial charge in [0.25, 0.3) is 0 Å². The monoisotopic (exact) mass is 346 g/mol. The summed E-state index contributed by atoms with van der Waals surface area (Å²) in [5.41, 5.74) is 1.20. The first-order valence-electron chi connectivity index (χ1n) is 7.50. The van der Waals surface area contributed by atoms with Gasteiger partial charge >= 0.3 is 0 Å². The second-order valence-electron chi connectivity index (χ2n) is 5.80. The van der Waals surface area contributed by atoms with Gasteiger partial charge in [0.1, 0.15) is 6.10 Å². The van der Waals surface area contributed by atoms with Crippen molar-refractivity contribution in [1.82, 2.24) is 19.8 Å². The number of aromatic nitrogens is 4. The van der Waals surface area contributed by atoms with E-state index in [0.29, 0.717) is 22.6 Å². The summed E-state index contributed by atoms with van der Waals surface area (Å²) in [6.45, 7) is 1.83. The number of carbonyl (C=O) groups excluding carboxylic acids is 2. The fourth-order valence-electron chi connectivity index (χ4n) is 2.95. The van der Waals surface area contributed by atoms with E-state index < -0.39 is 6.29 Å². The molecule has 2 saturated heterocycles. The van der Waals surface area contributed by atoms with Crippen LogP contribution >= 0.6 is 12.2 Å². The lowest BCUT2D eigenvalue weighted by Crippen LogP contribution is -2.37. The topological polar surface area (TPSA) is 88.2 Å². The Bertz CT molecular complexity index is 890. The van der Waals surface area contributed by atoms with Crippen molar-refractivity contribution in [3.63, 3.8) is 0 Å². The van der Waals surface area contributed by atoms with Crippen LogP contribution in [0.1, 0.15) is 29.7 Å². The Labute approximate surface area is 141 Å². The summed E-state index contributed by atoms with van der Waals surface area (Å²) in [6, 6.07) is 6.64. The number of hydrogen-bond donors (Lipinski definition) is 0. The molecule has 2 fully saturated rings. The van der Waals surface area contributed by atoms with E-state index in [2.05, 4.69) is 10.4 Å². The summed E-state index contributed by atoms with van der Waals surface area (Å²) in [4.78, 5) is 23.5. The molecule has 2 aromatic rings. The summed E-state index contributed by atoms with van der Waals surface area (Å²) in [6.07, 6.45) is -0.786. The maximum Gasteiger partial charge on any atom is 0.221 e. The number of rotatable bonds is 3. The van der Waals surface area contributed by atoms with Crippen LogP contribution in [-0.4, -0.2) is 50.4 Å². The Balaban J connectivity index is 1.71. The van der Waals surface area contributed by atoms with E-state index in [1.807, 2.05) is 0 Å². The van der Waals surface area contributed by atoms with Gasteiger partial charge in [0.05, 0.1) is 18.3 Å². The van der Waals surface area contributed by atoms with E-state index in [-0.39, 0.29) is 30.1 Å². The van der Waals surface area contributed by atoms with Gasteiger partial charge in [-0.3, -0.25) is 9.59 Å². The van der Waals surface area contributed by atoms with Crippen LogP contribution in [0.25, 0.3) is 5.69 Å². The predicted octanol–water partition coefficient (Wildman–Crippen LogP) is 1.26. The molecular weight excluding hydrogens is 332 g/mol. The molecule has 8 nitrogen and oxygen atoms in total. The van der Waals surface area contributed by atoms with E-state index in [1.165, 1.54) is 16.3 Å². The summed E-state index contributed by atoms with van der Waals surface area (Å²) in [7, 11) is 0. The number of ketones is 2. The lowest BCUT2D eigenvalue weighted by Gasteiger charge is -2.25. The third kappa shape index (κ3) is 2.41. The highest BCUT2D eigenvalue weighted by Crippen LogP contribution is 2.32. The minimum absolute atomic E-state index is 0.0452. The van der Waals surface area contributed by atoms with Gasteiger partial charge in [-0.1, -0.05) is 12.1 Å². The number of carbonyl (C=O) groups is 2. The van der Waals surface area contributed by atoms with Crippen LogP contribution in [0.15, 0.2) is 24.3 Å². The fraction of sp³-hybridized carbons (Fsp3) is 0.400. The van der Waals surface area contributed by atoms with E-state index in [4.69, 9.17) is 21.7 Å². The van der Waals surface area contributed by atoms with Crippen molar-refractivity contribution in [3.05, 3.63) is 34.6 Å². The van der Waals surface area contributed by atoms with Gasteiger partial charge in [-0.2, -0.15) is 4.68 Å². The molecule has 3 heterocycles. The molecule has 0 aliphatic carbocycles. The minimum atomic E-state index is -0.761. The van der Waals surface area contributed by atoms with Crippen molar-refractivity contribution in [2.24, 2.45) is 0 Å². The number of Topliss-reactive ketones (excluding diaryl/α,β-unsaturated/α-hetero) is 2. The molecule has 1 aromatic heterocycles. The number of tetrazole rings is 1. The Morgan fingerprint density at radius 2 is 2.21 bits per heavy atom. The zero-order valence-corrected chi connectivity index (χ0v) is 13.6. The largest absolute Gasteiger partial charge is 0.343 e. The van der Waals surface area contributed by atoms with Crippen LogP contribution < -0.4 is 0 Å². The lowest BCUT2D eigenvalue weighted by molar-refractivity contribution is -0.156. The fourth-order valence-corrected chi connectivity index (χ4v) is 3.27. The van der Waals surface area contributed by atoms with Crippen LogP contribution in [0, 0.1) is 4.77 Å². The van der Waals surface area contributed by atoms with Crippen molar-refractivity contribution in [2.45, 2.75) is 31.8 Å². The molecule has 0 N–H and O–H groups in total. The summed E-state index contributed by atoms with van der Waals surface area (Å²) in [5, 5.41) is 8.17. The van der Waals surface area contributed by atoms with Crippen LogP contribution in [0.2, 0.25) is 0 Å². The molecule has 0 amide bonds. The molecule has 2 aliphatic rings. The molecule has 0 saturated carbocycles. The van der Waals surface area contributed by atoms with Crippen LogP contribution in [0.4, 0.5) is 0 Å². The van der Waals surface area contributed by atoms with Gasteiger partial charge < -0.3 is 9.47 Å². The molecule has 9 heteroatoms. The molecular formula is C15H14N4O4S. The van der Waals surface area contributed by atoms with Crippen LogP contribution in [0.3, 0.4) is 0 Å². The van der Waals surface area contributed by atoms with Crippen molar-refractivity contribution < 1.29 is 19.1 Å². The maximum atomic E-state index is 12.0. The molecule has 0 unspecified atom stereocenters. The Kier molecular flexibility index (Phi) is 3.63. The number of hydrogen-bond acceptors (Lipinski definition) is 7. The number of fused-ring (bicyclic) bond motifs is 2. The smallest absolute Gasteiger partial charge is 0.221 e. The van der Waals surface area contributed by atoms with E-state index in [9.17, 15) is 9.59 Å². The number of nitrogens with zero attached hydrogens (tertiary/aromatic N) is 4. The minimum Gasteiger partial charge on any atom is -0.343 e. The standard InChI is InChI=1S/C15H14N4O4S/c1-8(20)9-3-2-4-10(5-9)18-15(24)19(17-16-18)11-6-12(21)14-22-7-13(11)23-14/h2-5,11,13-14H,6-7H2,1H3/t11-,13-,14-/m1/s1. The molecule has 24 heavy (non-hydrogen) atoms. The summed E-state index contributed by atoms with van der Waals surface area (Å²) >= 11 is 5.46. The quantitative estimate of drug-likeness (QED) is 0.610. The summed E-state index contributed by atoms with van der Waals surface area (Å²) < 4.78 is 14.2. The highest BCUT2D eigenvalue weighted by atomic mass is 32.1. The average Bonchev–Trinajstić information content (AvgIpc) is 3.17. The van der Waals surface area contributed by atoms with Crippen LogP contribution in [-0.2, 0) is 14.3 Å². The first kappa shape index (κ1) is 15.3. The molecule has 0 spiro atoms. The van der Waals surface area contributed by atoms with Crippen LogP contribution in [0.5, 0.6) is 0 Å². The Morgan fingerprint density at radius 3 is 3.00 bits per heavy atom.